The first kappa shape index (κ1) is 26.5. The molecule has 0 radical (unpaired) electrons. The Balaban J connectivity index is 1.61. The van der Waals surface area contributed by atoms with Crippen molar-refractivity contribution in [3.63, 3.8) is 0 Å². The molecule has 0 aliphatic carbocycles. The zero-order chi connectivity index (χ0) is 26.4. The van der Waals surface area contributed by atoms with Gasteiger partial charge in [-0.05, 0) is 37.2 Å². The first-order chi connectivity index (χ1) is 17.9. The highest BCUT2D eigenvalue weighted by Crippen LogP contribution is 2.28. The molecule has 0 fully saturated rings. The van der Waals surface area contributed by atoms with Gasteiger partial charge in [-0.1, -0.05) is 67.6 Å². The fourth-order valence-electron chi connectivity index (χ4n) is 4.47. The summed E-state index contributed by atoms with van der Waals surface area (Å²) in [7, 11) is 1.92. The van der Waals surface area contributed by atoms with Crippen molar-refractivity contribution < 1.29 is 19.0 Å². The van der Waals surface area contributed by atoms with E-state index in [9.17, 15) is 14.3 Å². The fraction of sp³-hybridized carbons (Fsp3) is 0.333. The van der Waals surface area contributed by atoms with Crippen molar-refractivity contribution in [1.82, 2.24) is 14.8 Å². The lowest BCUT2D eigenvalue weighted by Gasteiger charge is -2.37. The normalized spacial score (nSPS) is 18.9. The SMILES string of the molecule is C[C@H]1CN([C@@H](C)CO)C(=O)c2cc(/C=C/c3ccccc3)cnc2O[C@H]1CN(C)Cc1ccccc1F. The van der Waals surface area contributed by atoms with Crippen LogP contribution in [0.15, 0.2) is 66.9 Å². The molecule has 1 aliphatic heterocycles. The van der Waals surface area contributed by atoms with Gasteiger partial charge in [-0.15, -0.1) is 0 Å². The summed E-state index contributed by atoms with van der Waals surface area (Å²) in [5.74, 6) is -0.233. The molecule has 0 unspecified atom stereocenters. The van der Waals surface area contributed by atoms with Crippen LogP contribution >= 0.6 is 0 Å². The number of nitrogens with zero attached hydrogens (tertiary/aromatic N) is 3. The third kappa shape index (κ3) is 6.61. The molecule has 0 spiro atoms. The molecule has 1 aliphatic rings. The van der Waals surface area contributed by atoms with E-state index in [1.165, 1.54) is 6.07 Å². The van der Waals surface area contributed by atoms with Crippen LogP contribution in [0, 0.1) is 11.7 Å². The summed E-state index contributed by atoms with van der Waals surface area (Å²) < 4.78 is 20.6. The molecular formula is C30H34FN3O3. The van der Waals surface area contributed by atoms with Gasteiger partial charge in [0, 0.05) is 37.3 Å². The Hall–Kier alpha value is -3.55. The minimum absolute atomic E-state index is 0.0476. The Morgan fingerprint density at radius 2 is 1.86 bits per heavy atom. The number of benzene rings is 2. The van der Waals surface area contributed by atoms with Gasteiger partial charge >= 0.3 is 0 Å². The van der Waals surface area contributed by atoms with E-state index in [4.69, 9.17) is 4.74 Å². The lowest BCUT2D eigenvalue weighted by molar-refractivity contribution is 0.0324. The van der Waals surface area contributed by atoms with E-state index >= 15 is 0 Å². The minimum atomic E-state index is -0.360. The van der Waals surface area contributed by atoms with Crippen LogP contribution in [0.4, 0.5) is 4.39 Å². The lowest BCUT2D eigenvalue weighted by atomic mass is 9.99. The lowest BCUT2D eigenvalue weighted by Crippen LogP contribution is -2.49. The van der Waals surface area contributed by atoms with Crippen molar-refractivity contribution in [2.24, 2.45) is 5.92 Å². The minimum Gasteiger partial charge on any atom is -0.472 e. The third-order valence-corrected chi connectivity index (χ3v) is 6.70. The number of ether oxygens (including phenoxy) is 1. The Kier molecular flexibility index (Phi) is 8.69. The quantitative estimate of drug-likeness (QED) is 0.481. The monoisotopic (exact) mass is 503 g/mol. The van der Waals surface area contributed by atoms with Crippen molar-refractivity contribution in [2.45, 2.75) is 32.5 Å². The number of hydrogen-bond acceptors (Lipinski definition) is 5. The van der Waals surface area contributed by atoms with Crippen molar-refractivity contribution in [3.8, 4) is 5.88 Å². The molecule has 194 valence electrons. The van der Waals surface area contributed by atoms with Gasteiger partial charge in [0.05, 0.1) is 12.6 Å². The molecule has 2 heterocycles. The number of hydrogen-bond donors (Lipinski definition) is 1. The standard InChI is InChI=1S/C30H34FN3O3/c1-21-17-34(22(2)20-35)30(36)26-15-24(14-13-23-9-5-4-6-10-23)16-32-29(26)37-28(21)19-33(3)18-25-11-7-8-12-27(25)31/h4-16,21-22,28,35H,17-20H2,1-3H3/b14-13+/t21-,22-,28-/m0/s1. The van der Waals surface area contributed by atoms with Gasteiger partial charge in [0.25, 0.3) is 5.91 Å². The van der Waals surface area contributed by atoms with Crippen molar-refractivity contribution >= 4 is 18.1 Å². The number of halogens is 1. The molecule has 3 aromatic rings. The molecule has 1 aromatic heterocycles. The predicted molar refractivity (Wildman–Crippen MR) is 144 cm³/mol. The number of aliphatic hydroxyl groups excluding tert-OH is 1. The van der Waals surface area contributed by atoms with E-state index < -0.39 is 0 Å². The highest BCUT2D eigenvalue weighted by atomic mass is 19.1. The van der Waals surface area contributed by atoms with Crippen LogP contribution in [-0.2, 0) is 6.54 Å². The van der Waals surface area contributed by atoms with Crippen LogP contribution in [0.3, 0.4) is 0 Å². The topological polar surface area (TPSA) is 65.9 Å². The van der Waals surface area contributed by atoms with Crippen LogP contribution in [-0.4, -0.2) is 64.7 Å². The Morgan fingerprint density at radius 1 is 1.16 bits per heavy atom. The van der Waals surface area contributed by atoms with Crippen LogP contribution in [0.1, 0.15) is 40.9 Å². The summed E-state index contributed by atoms with van der Waals surface area (Å²) in [5.41, 5.74) is 2.80. The number of fused-ring (bicyclic) bond motifs is 1. The maximum atomic E-state index is 14.2. The number of amides is 1. The molecule has 0 saturated heterocycles. The molecule has 1 amide bonds. The van der Waals surface area contributed by atoms with Crippen LogP contribution in [0.25, 0.3) is 12.2 Å². The number of likely N-dealkylation sites (N-methyl/N-ethyl adjacent to an activating group) is 1. The highest BCUT2D eigenvalue weighted by molar-refractivity contribution is 5.97. The molecule has 1 N–H and O–H groups in total. The van der Waals surface area contributed by atoms with E-state index in [0.29, 0.717) is 30.8 Å². The van der Waals surface area contributed by atoms with Gasteiger partial charge < -0.3 is 14.7 Å². The summed E-state index contributed by atoms with van der Waals surface area (Å²) >= 11 is 0. The fourth-order valence-corrected chi connectivity index (χ4v) is 4.47. The van der Waals surface area contributed by atoms with E-state index in [-0.39, 0.29) is 42.3 Å². The van der Waals surface area contributed by atoms with Crippen molar-refractivity contribution in [3.05, 3.63) is 94.9 Å². The average Bonchev–Trinajstić information content (AvgIpc) is 2.91. The maximum absolute atomic E-state index is 14.2. The largest absolute Gasteiger partial charge is 0.472 e. The van der Waals surface area contributed by atoms with Gasteiger partial charge in [-0.25, -0.2) is 9.37 Å². The van der Waals surface area contributed by atoms with E-state index in [1.807, 2.05) is 74.3 Å². The van der Waals surface area contributed by atoms with Gasteiger partial charge in [-0.3, -0.25) is 9.69 Å². The number of rotatable bonds is 8. The summed E-state index contributed by atoms with van der Waals surface area (Å²) in [6.45, 7) is 5.07. The molecule has 7 heteroatoms. The second-order valence-electron chi connectivity index (χ2n) is 9.78. The van der Waals surface area contributed by atoms with E-state index in [2.05, 4.69) is 4.98 Å². The number of pyridine rings is 1. The molecule has 4 rings (SSSR count). The second kappa shape index (κ2) is 12.1. The number of carbonyl (C=O) groups excluding carboxylic acids is 1. The maximum Gasteiger partial charge on any atom is 0.259 e. The molecule has 0 saturated carbocycles. The molecule has 0 bridgehead atoms. The first-order valence-corrected chi connectivity index (χ1v) is 12.6. The smallest absolute Gasteiger partial charge is 0.259 e. The van der Waals surface area contributed by atoms with E-state index in [1.54, 1.807) is 29.3 Å². The highest BCUT2D eigenvalue weighted by Gasteiger charge is 2.34. The molecule has 3 atom stereocenters. The summed E-state index contributed by atoms with van der Waals surface area (Å²) in [6, 6.07) is 18.1. The van der Waals surface area contributed by atoms with Crippen molar-refractivity contribution in [2.75, 3.05) is 26.7 Å². The zero-order valence-electron chi connectivity index (χ0n) is 21.5. The number of carbonyl (C=O) groups is 1. The Labute approximate surface area is 218 Å². The van der Waals surface area contributed by atoms with E-state index in [0.717, 1.165) is 11.1 Å². The summed E-state index contributed by atoms with van der Waals surface area (Å²) in [4.78, 5) is 21.8. The summed E-state index contributed by atoms with van der Waals surface area (Å²) in [6.07, 6.45) is 5.28. The van der Waals surface area contributed by atoms with Gasteiger partial charge in [0.2, 0.25) is 5.88 Å². The average molecular weight is 504 g/mol. The zero-order valence-corrected chi connectivity index (χ0v) is 21.5. The van der Waals surface area contributed by atoms with Gasteiger partial charge in [-0.2, -0.15) is 0 Å². The molecule has 6 nitrogen and oxygen atoms in total. The van der Waals surface area contributed by atoms with Gasteiger partial charge in [0.15, 0.2) is 0 Å². The number of aromatic nitrogens is 1. The van der Waals surface area contributed by atoms with Crippen LogP contribution < -0.4 is 4.74 Å². The predicted octanol–water partition coefficient (Wildman–Crippen LogP) is 4.74. The molecule has 2 aromatic carbocycles. The second-order valence-corrected chi connectivity index (χ2v) is 9.78. The Morgan fingerprint density at radius 3 is 2.59 bits per heavy atom. The first-order valence-electron chi connectivity index (χ1n) is 12.6. The number of aliphatic hydroxyl groups is 1. The van der Waals surface area contributed by atoms with Gasteiger partial charge in [0.1, 0.15) is 17.5 Å². The van der Waals surface area contributed by atoms with Crippen LogP contribution in [0.5, 0.6) is 5.88 Å². The molecular weight excluding hydrogens is 469 g/mol. The van der Waals surface area contributed by atoms with Crippen LogP contribution in [0.2, 0.25) is 0 Å². The van der Waals surface area contributed by atoms with Crippen molar-refractivity contribution in [1.29, 1.82) is 0 Å². The summed E-state index contributed by atoms with van der Waals surface area (Å²) in [5, 5.41) is 9.87. The molecule has 37 heavy (non-hydrogen) atoms. The Bertz CT molecular complexity index is 1230. The third-order valence-electron chi connectivity index (χ3n) is 6.70.